The van der Waals surface area contributed by atoms with Gasteiger partial charge in [0, 0.05) is 55.7 Å². The minimum Gasteiger partial charge on any atom is -0.338 e. The van der Waals surface area contributed by atoms with Crippen molar-refractivity contribution in [1.82, 2.24) is 19.7 Å². The molecule has 1 amide bonds. The van der Waals surface area contributed by atoms with Crippen LogP contribution < -0.4 is 5.56 Å². The number of pyridine rings is 1. The minimum atomic E-state index is -2.69. The number of fused-ring (bicyclic) bond motifs is 2. The molecule has 0 N–H and O–H groups in total. The molecule has 0 saturated carbocycles. The van der Waals surface area contributed by atoms with Crippen LogP contribution in [0.25, 0.3) is 32.8 Å². The molecule has 0 aliphatic carbocycles. The highest BCUT2D eigenvalue weighted by molar-refractivity contribution is 6.03. The van der Waals surface area contributed by atoms with Crippen LogP contribution in [0.15, 0.2) is 59.7 Å². The maximum Gasteiger partial charge on any atom is 0.292 e. The Morgan fingerprint density at radius 1 is 1.03 bits per heavy atom. The predicted molar refractivity (Wildman–Crippen MR) is 118 cm³/mol. The number of aromatic nitrogens is 3. The van der Waals surface area contributed by atoms with Crippen LogP contribution in [0.1, 0.15) is 23.2 Å². The van der Waals surface area contributed by atoms with Crippen molar-refractivity contribution >= 4 is 27.6 Å². The van der Waals surface area contributed by atoms with Gasteiger partial charge >= 0.3 is 0 Å². The van der Waals surface area contributed by atoms with E-state index in [-0.39, 0.29) is 37.4 Å². The van der Waals surface area contributed by atoms with Crippen LogP contribution in [0.3, 0.4) is 0 Å². The minimum absolute atomic E-state index is 0.0557. The van der Waals surface area contributed by atoms with E-state index in [9.17, 15) is 18.4 Å². The fourth-order valence-electron chi connectivity index (χ4n) is 4.15. The van der Waals surface area contributed by atoms with Crippen molar-refractivity contribution in [3.8, 4) is 11.1 Å². The van der Waals surface area contributed by atoms with Gasteiger partial charge in [0.25, 0.3) is 17.4 Å². The molecular weight excluding hydrogens is 414 g/mol. The summed E-state index contributed by atoms with van der Waals surface area (Å²) in [5.74, 6) is -2.93. The number of carbonyl (C=O) groups is 1. The molecule has 1 aliphatic heterocycles. The number of piperidine rings is 1. The highest BCUT2D eigenvalue weighted by atomic mass is 19.3. The van der Waals surface area contributed by atoms with Crippen molar-refractivity contribution in [2.24, 2.45) is 7.05 Å². The molecule has 0 atom stereocenters. The van der Waals surface area contributed by atoms with E-state index in [1.165, 1.54) is 9.58 Å². The van der Waals surface area contributed by atoms with Gasteiger partial charge in [-0.05, 0) is 34.5 Å². The Kier molecular flexibility index (Phi) is 4.73. The number of likely N-dealkylation sites (tertiary alicyclic amines) is 1. The van der Waals surface area contributed by atoms with Crippen molar-refractivity contribution in [3.05, 3.63) is 70.8 Å². The van der Waals surface area contributed by atoms with Crippen molar-refractivity contribution in [1.29, 1.82) is 0 Å². The monoisotopic (exact) mass is 434 g/mol. The number of benzene rings is 2. The molecule has 1 fully saturated rings. The highest BCUT2D eigenvalue weighted by Gasteiger charge is 2.35. The molecule has 0 bridgehead atoms. The lowest BCUT2D eigenvalue weighted by Gasteiger charge is -2.31. The second-order valence-corrected chi connectivity index (χ2v) is 8.12. The van der Waals surface area contributed by atoms with E-state index in [2.05, 4.69) is 10.1 Å². The summed E-state index contributed by atoms with van der Waals surface area (Å²) in [7, 11) is 1.58. The van der Waals surface area contributed by atoms with Crippen molar-refractivity contribution < 1.29 is 13.6 Å². The van der Waals surface area contributed by atoms with E-state index in [0.29, 0.717) is 16.5 Å². The van der Waals surface area contributed by atoms with Gasteiger partial charge in [-0.2, -0.15) is 5.10 Å². The Labute approximate surface area is 182 Å². The first-order valence-corrected chi connectivity index (χ1v) is 10.3. The quantitative estimate of drug-likeness (QED) is 0.478. The number of nitrogens with zero attached hydrogens (tertiary/aromatic N) is 4. The molecular formula is C24H20F2N4O2. The van der Waals surface area contributed by atoms with Crippen LogP contribution in [-0.4, -0.2) is 44.6 Å². The number of aryl methyl sites for hydroxylation is 1. The average Bonchev–Trinajstić information content (AvgIpc) is 2.80. The third-order valence-corrected chi connectivity index (χ3v) is 6.00. The number of carbonyl (C=O) groups excluding carboxylic acids is 1. The number of hydrogen-bond acceptors (Lipinski definition) is 4. The van der Waals surface area contributed by atoms with Crippen molar-refractivity contribution in [2.75, 3.05) is 13.1 Å². The maximum absolute atomic E-state index is 13.4. The lowest BCUT2D eigenvalue weighted by molar-refractivity contribution is -0.0494. The van der Waals surface area contributed by atoms with E-state index in [4.69, 9.17) is 0 Å². The van der Waals surface area contributed by atoms with Crippen LogP contribution in [0.2, 0.25) is 0 Å². The third kappa shape index (κ3) is 3.51. The molecule has 4 aromatic rings. The van der Waals surface area contributed by atoms with Crippen molar-refractivity contribution in [3.63, 3.8) is 0 Å². The Morgan fingerprint density at radius 2 is 1.81 bits per heavy atom. The molecule has 32 heavy (non-hydrogen) atoms. The number of alkyl halides is 2. The standard InChI is InChI=1S/C24H20F2N4O2/c1-29-23(32)21-18(14-28-29)12-17(13-27-21)19-4-2-3-15-11-16(5-6-20(15)19)22(31)30-9-7-24(25,26)8-10-30/h2-6,11-14H,7-10H2,1H3. The Balaban J connectivity index is 1.51. The lowest BCUT2D eigenvalue weighted by atomic mass is 9.97. The van der Waals surface area contributed by atoms with E-state index < -0.39 is 5.92 Å². The first-order chi connectivity index (χ1) is 15.3. The van der Waals surface area contributed by atoms with Crippen LogP contribution >= 0.6 is 0 Å². The largest absolute Gasteiger partial charge is 0.338 e. The summed E-state index contributed by atoms with van der Waals surface area (Å²) in [5, 5.41) is 6.50. The summed E-state index contributed by atoms with van der Waals surface area (Å²) in [6.45, 7) is 0.111. The summed E-state index contributed by atoms with van der Waals surface area (Å²) < 4.78 is 28.1. The first kappa shape index (κ1) is 20.2. The Bertz CT molecular complexity index is 1420. The molecule has 5 rings (SSSR count). The van der Waals surface area contributed by atoms with E-state index in [1.807, 2.05) is 30.3 Å². The van der Waals surface area contributed by atoms with Crippen LogP contribution in [0.5, 0.6) is 0 Å². The van der Waals surface area contributed by atoms with E-state index >= 15 is 0 Å². The summed E-state index contributed by atoms with van der Waals surface area (Å²) in [6, 6.07) is 13.0. The fraction of sp³-hybridized carbons (Fsp3) is 0.250. The fourth-order valence-corrected chi connectivity index (χ4v) is 4.15. The summed E-state index contributed by atoms with van der Waals surface area (Å²) in [6.07, 6.45) is 2.66. The Hall–Kier alpha value is -3.68. The summed E-state index contributed by atoms with van der Waals surface area (Å²) in [4.78, 5) is 30.9. The zero-order chi connectivity index (χ0) is 22.5. The SMILES string of the molecule is Cn1ncc2cc(-c3cccc4cc(C(=O)N5CCC(F)(F)CC5)ccc34)cnc2c1=O. The number of rotatable bonds is 2. The topological polar surface area (TPSA) is 68.1 Å². The predicted octanol–water partition coefficient (Wildman–Crippen LogP) is 4.02. The van der Waals surface area contributed by atoms with Gasteiger partial charge in [-0.15, -0.1) is 0 Å². The molecule has 2 aromatic heterocycles. The second kappa shape index (κ2) is 7.47. The van der Waals surface area contributed by atoms with Gasteiger partial charge in [0.1, 0.15) is 5.52 Å². The zero-order valence-electron chi connectivity index (χ0n) is 17.4. The first-order valence-electron chi connectivity index (χ1n) is 10.3. The molecule has 1 saturated heterocycles. The average molecular weight is 434 g/mol. The molecule has 8 heteroatoms. The molecule has 0 radical (unpaired) electrons. The molecule has 2 aromatic carbocycles. The molecule has 1 aliphatic rings. The number of hydrogen-bond donors (Lipinski definition) is 0. The van der Waals surface area contributed by atoms with Gasteiger partial charge in [-0.25, -0.2) is 18.4 Å². The van der Waals surface area contributed by atoms with Gasteiger partial charge in [-0.3, -0.25) is 9.59 Å². The Morgan fingerprint density at radius 3 is 2.59 bits per heavy atom. The highest BCUT2D eigenvalue weighted by Crippen LogP contribution is 2.32. The van der Waals surface area contributed by atoms with Crippen LogP contribution in [0, 0.1) is 0 Å². The molecule has 6 nitrogen and oxygen atoms in total. The van der Waals surface area contributed by atoms with Crippen LogP contribution in [-0.2, 0) is 7.05 Å². The van der Waals surface area contributed by atoms with Gasteiger partial charge in [0.15, 0.2) is 0 Å². The van der Waals surface area contributed by atoms with Gasteiger partial charge < -0.3 is 4.90 Å². The van der Waals surface area contributed by atoms with Gasteiger partial charge in [0.2, 0.25) is 0 Å². The molecule has 0 spiro atoms. The van der Waals surface area contributed by atoms with Crippen molar-refractivity contribution in [2.45, 2.75) is 18.8 Å². The van der Waals surface area contributed by atoms with E-state index in [1.54, 1.807) is 31.6 Å². The lowest BCUT2D eigenvalue weighted by Crippen LogP contribution is -2.42. The maximum atomic E-state index is 13.4. The number of amides is 1. The normalized spacial score (nSPS) is 15.9. The van der Waals surface area contributed by atoms with Gasteiger partial charge in [0.05, 0.1) is 6.20 Å². The second-order valence-electron chi connectivity index (χ2n) is 8.12. The summed E-state index contributed by atoms with van der Waals surface area (Å²) >= 11 is 0. The van der Waals surface area contributed by atoms with Crippen LogP contribution in [0.4, 0.5) is 8.78 Å². The zero-order valence-corrected chi connectivity index (χ0v) is 17.4. The molecule has 0 unspecified atom stereocenters. The number of halogens is 2. The molecule has 3 heterocycles. The smallest absolute Gasteiger partial charge is 0.292 e. The summed E-state index contributed by atoms with van der Waals surface area (Å²) in [5.41, 5.74) is 2.31. The molecule has 162 valence electrons. The third-order valence-electron chi connectivity index (χ3n) is 6.00. The van der Waals surface area contributed by atoms with E-state index in [0.717, 1.165) is 21.9 Å². The van der Waals surface area contributed by atoms with Gasteiger partial charge in [-0.1, -0.05) is 24.3 Å².